The van der Waals surface area contributed by atoms with Crippen LogP contribution in [0.3, 0.4) is 0 Å². The van der Waals surface area contributed by atoms with Crippen molar-refractivity contribution in [1.29, 1.82) is 0 Å². The van der Waals surface area contributed by atoms with Crippen molar-refractivity contribution >= 4 is 17.5 Å². The molecule has 0 radical (unpaired) electrons. The van der Waals surface area contributed by atoms with E-state index < -0.39 is 11.9 Å². The lowest BCUT2D eigenvalue weighted by Crippen LogP contribution is -2.29. The van der Waals surface area contributed by atoms with E-state index >= 15 is 0 Å². The molecule has 1 aliphatic carbocycles. The number of carbonyl (C=O) groups is 3. The first-order chi connectivity index (χ1) is 15.5. The molecule has 0 aliphatic heterocycles. The van der Waals surface area contributed by atoms with Gasteiger partial charge >= 0.3 is 5.97 Å². The zero-order valence-electron chi connectivity index (χ0n) is 18.4. The maximum absolute atomic E-state index is 13.5. The largest absolute Gasteiger partial charge is 0.462 e. The Labute approximate surface area is 189 Å². The molecule has 0 aromatic heterocycles. The van der Waals surface area contributed by atoms with Gasteiger partial charge in [0.2, 0.25) is 0 Å². The summed E-state index contributed by atoms with van der Waals surface area (Å²) >= 11 is 0. The zero-order valence-corrected chi connectivity index (χ0v) is 18.4. The SMILES string of the molecule is C=C1C=CC(C(=O)OCCCCCC)=C(C(=O)c2ccccc2)C1C(=O)c1ccccc1. The molecule has 164 valence electrons. The fraction of sp³-hybridized carbons (Fsp3) is 0.250. The summed E-state index contributed by atoms with van der Waals surface area (Å²) < 4.78 is 5.47. The average Bonchev–Trinajstić information content (AvgIpc) is 2.83. The van der Waals surface area contributed by atoms with Gasteiger partial charge in [0.15, 0.2) is 11.6 Å². The molecule has 1 unspecified atom stereocenters. The summed E-state index contributed by atoms with van der Waals surface area (Å²) in [6.07, 6.45) is 7.06. The van der Waals surface area contributed by atoms with Gasteiger partial charge in [0.05, 0.1) is 18.1 Å². The molecule has 3 rings (SSSR count). The molecule has 0 fully saturated rings. The highest BCUT2D eigenvalue weighted by Crippen LogP contribution is 2.34. The minimum Gasteiger partial charge on any atom is -0.462 e. The van der Waals surface area contributed by atoms with Gasteiger partial charge in [-0.25, -0.2) is 4.79 Å². The third-order valence-corrected chi connectivity index (χ3v) is 5.47. The van der Waals surface area contributed by atoms with Crippen molar-refractivity contribution in [2.75, 3.05) is 6.61 Å². The molecule has 4 heteroatoms. The van der Waals surface area contributed by atoms with Crippen LogP contribution in [0, 0.1) is 5.92 Å². The minimum absolute atomic E-state index is 0.121. The summed E-state index contributed by atoms with van der Waals surface area (Å²) in [5, 5.41) is 0. The van der Waals surface area contributed by atoms with Crippen molar-refractivity contribution in [3.63, 3.8) is 0 Å². The van der Waals surface area contributed by atoms with E-state index in [1.165, 1.54) is 0 Å². The first kappa shape index (κ1) is 23.1. The average molecular weight is 429 g/mol. The van der Waals surface area contributed by atoms with Crippen LogP contribution in [0.1, 0.15) is 53.3 Å². The summed E-state index contributed by atoms with van der Waals surface area (Å²) in [4.78, 5) is 39.9. The van der Waals surface area contributed by atoms with E-state index in [0.717, 1.165) is 25.7 Å². The topological polar surface area (TPSA) is 60.4 Å². The Bertz CT molecular complexity index is 1050. The summed E-state index contributed by atoms with van der Waals surface area (Å²) in [5.41, 5.74) is 1.58. The quantitative estimate of drug-likeness (QED) is 0.268. The van der Waals surface area contributed by atoms with Gasteiger partial charge in [-0.15, -0.1) is 0 Å². The number of hydrogen-bond donors (Lipinski definition) is 0. The van der Waals surface area contributed by atoms with E-state index in [1.54, 1.807) is 60.7 Å². The van der Waals surface area contributed by atoms with Gasteiger partial charge in [0.25, 0.3) is 0 Å². The van der Waals surface area contributed by atoms with Crippen molar-refractivity contribution < 1.29 is 19.1 Å². The highest BCUT2D eigenvalue weighted by atomic mass is 16.5. The summed E-state index contributed by atoms with van der Waals surface area (Å²) in [6.45, 7) is 6.40. The van der Waals surface area contributed by atoms with Crippen LogP contribution in [0.2, 0.25) is 0 Å². The Morgan fingerprint density at radius 1 is 0.844 bits per heavy atom. The van der Waals surface area contributed by atoms with Crippen LogP contribution in [0.4, 0.5) is 0 Å². The molecule has 1 aliphatic rings. The maximum atomic E-state index is 13.5. The lowest BCUT2D eigenvalue weighted by atomic mass is 9.76. The molecule has 0 heterocycles. The lowest BCUT2D eigenvalue weighted by molar-refractivity contribution is -0.138. The molecule has 0 N–H and O–H groups in total. The second kappa shape index (κ2) is 11.2. The highest BCUT2D eigenvalue weighted by molar-refractivity contribution is 6.19. The predicted octanol–water partition coefficient (Wildman–Crippen LogP) is 5.91. The molecule has 2 aromatic rings. The smallest absolute Gasteiger partial charge is 0.338 e. The Kier molecular flexibility index (Phi) is 8.09. The lowest BCUT2D eigenvalue weighted by Gasteiger charge is -2.25. The molecule has 0 saturated carbocycles. The third-order valence-electron chi connectivity index (χ3n) is 5.47. The first-order valence-corrected chi connectivity index (χ1v) is 11.0. The molecular formula is C28H28O4. The molecule has 0 bridgehead atoms. The second-order valence-electron chi connectivity index (χ2n) is 7.79. The molecule has 0 spiro atoms. The van der Waals surface area contributed by atoms with E-state index in [4.69, 9.17) is 4.74 Å². The number of esters is 1. The molecule has 4 nitrogen and oxygen atoms in total. The predicted molar refractivity (Wildman–Crippen MR) is 125 cm³/mol. The van der Waals surface area contributed by atoms with Gasteiger partial charge in [0.1, 0.15) is 0 Å². The Balaban J connectivity index is 2.00. The van der Waals surface area contributed by atoms with Gasteiger partial charge in [-0.05, 0) is 18.1 Å². The number of allylic oxidation sites excluding steroid dienone is 3. The summed E-state index contributed by atoms with van der Waals surface area (Å²) in [7, 11) is 0. The fourth-order valence-electron chi connectivity index (χ4n) is 3.73. The second-order valence-corrected chi connectivity index (χ2v) is 7.79. The number of Topliss-reactive ketones (excluding diaryl/α,β-unsaturated/α-hetero) is 2. The van der Waals surface area contributed by atoms with E-state index in [2.05, 4.69) is 13.5 Å². The Morgan fingerprint density at radius 2 is 1.47 bits per heavy atom. The van der Waals surface area contributed by atoms with Crippen molar-refractivity contribution in [1.82, 2.24) is 0 Å². The number of carbonyl (C=O) groups excluding carboxylic acids is 3. The first-order valence-electron chi connectivity index (χ1n) is 11.0. The third kappa shape index (κ3) is 5.38. The van der Waals surface area contributed by atoms with Crippen LogP contribution in [0.15, 0.2) is 96.1 Å². The number of rotatable bonds is 10. The van der Waals surface area contributed by atoms with Crippen LogP contribution < -0.4 is 0 Å². The van der Waals surface area contributed by atoms with Crippen LogP contribution in [-0.4, -0.2) is 24.1 Å². The normalized spacial score (nSPS) is 15.5. The van der Waals surface area contributed by atoms with Gasteiger partial charge in [-0.2, -0.15) is 0 Å². The molecule has 0 amide bonds. The highest BCUT2D eigenvalue weighted by Gasteiger charge is 2.36. The van der Waals surface area contributed by atoms with Gasteiger partial charge < -0.3 is 4.74 Å². The standard InChI is InChI=1S/C28H28O4/c1-3-4-5-12-19-32-28(31)23-18-17-20(2)24(26(29)21-13-8-6-9-14-21)25(23)27(30)22-15-10-7-11-16-22/h6-11,13-18,24H,2-5,12,19H2,1H3. The fourth-order valence-corrected chi connectivity index (χ4v) is 3.73. The van der Waals surface area contributed by atoms with Crippen molar-refractivity contribution in [2.24, 2.45) is 5.92 Å². The van der Waals surface area contributed by atoms with Crippen LogP contribution in [0.5, 0.6) is 0 Å². The Morgan fingerprint density at radius 3 is 2.09 bits per heavy atom. The molecular weight excluding hydrogens is 400 g/mol. The van der Waals surface area contributed by atoms with E-state index in [-0.39, 0.29) is 29.3 Å². The number of ether oxygens (including phenoxy) is 1. The molecule has 2 aromatic carbocycles. The van der Waals surface area contributed by atoms with Crippen LogP contribution in [-0.2, 0) is 9.53 Å². The number of ketones is 2. The summed E-state index contributed by atoms with van der Waals surface area (Å²) in [5.74, 6) is -2.18. The van der Waals surface area contributed by atoms with Crippen molar-refractivity contribution in [2.45, 2.75) is 32.6 Å². The van der Waals surface area contributed by atoms with Crippen molar-refractivity contribution in [3.05, 3.63) is 107 Å². The number of hydrogen-bond acceptors (Lipinski definition) is 4. The van der Waals surface area contributed by atoms with E-state index in [9.17, 15) is 14.4 Å². The van der Waals surface area contributed by atoms with Gasteiger partial charge in [-0.3, -0.25) is 9.59 Å². The molecule has 32 heavy (non-hydrogen) atoms. The van der Waals surface area contributed by atoms with Gasteiger partial charge in [-0.1, -0.05) is 99.5 Å². The Hall–Kier alpha value is -3.53. The van der Waals surface area contributed by atoms with Gasteiger partial charge in [0, 0.05) is 16.7 Å². The summed E-state index contributed by atoms with van der Waals surface area (Å²) in [6, 6.07) is 17.4. The zero-order chi connectivity index (χ0) is 22.9. The number of unbranched alkanes of at least 4 members (excludes halogenated alkanes) is 3. The van der Waals surface area contributed by atoms with E-state index in [1.807, 2.05) is 12.1 Å². The maximum Gasteiger partial charge on any atom is 0.338 e. The van der Waals surface area contributed by atoms with E-state index in [0.29, 0.717) is 16.7 Å². The van der Waals surface area contributed by atoms with Crippen LogP contribution >= 0.6 is 0 Å². The van der Waals surface area contributed by atoms with Crippen molar-refractivity contribution in [3.8, 4) is 0 Å². The minimum atomic E-state index is -0.947. The van der Waals surface area contributed by atoms with Crippen LogP contribution in [0.25, 0.3) is 0 Å². The monoisotopic (exact) mass is 428 g/mol. The molecule has 1 atom stereocenters. The number of benzene rings is 2. The molecule has 0 saturated heterocycles.